The predicted molar refractivity (Wildman–Crippen MR) is 84.4 cm³/mol. The molecule has 2 N–H and O–H groups in total. The fraction of sp³-hybridized carbons (Fsp3) is 0.267. The van der Waals surface area contributed by atoms with Gasteiger partial charge in [0, 0.05) is 19.7 Å². The average molecular weight is 348 g/mol. The van der Waals surface area contributed by atoms with Crippen molar-refractivity contribution in [3.63, 3.8) is 0 Å². The molecule has 2 rings (SSSR count). The van der Waals surface area contributed by atoms with E-state index in [4.69, 9.17) is 5.26 Å². The van der Waals surface area contributed by atoms with Crippen LogP contribution in [-0.2, 0) is 34.7 Å². The lowest BCUT2D eigenvalue weighted by Crippen LogP contribution is -2.42. The first kappa shape index (κ1) is 17.7. The highest BCUT2D eigenvalue weighted by molar-refractivity contribution is 7.89. The summed E-state index contributed by atoms with van der Waals surface area (Å²) in [6.07, 6.45) is 3.27. The van der Waals surface area contributed by atoms with Crippen LogP contribution in [0.3, 0.4) is 0 Å². The number of sulfonamides is 1. The number of nitrogens with zero attached hydrogens (tertiary/aromatic N) is 3. The normalized spacial score (nSPS) is 12.5. The lowest BCUT2D eigenvalue weighted by Gasteiger charge is -2.14. The Labute approximate surface area is 139 Å². The van der Waals surface area contributed by atoms with Crippen LogP contribution < -0.4 is 4.72 Å². The van der Waals surface area contributed by atoms with Gasteiger partial charge < -0.3 is 5.11 Å². The van der Waals surface area contributed by atoms with E-state index in [0.717, 1.165) is 0 Å². The van der Waals surface area contributed by atoms with Gasteiger partial charge in [-0.15, -0.1) is 0 Å². The monoisotopic (exact) mass is 348 g/mol. The van der Waals surface area contributed by atoms with Crippen molar-refractivity contribution in [2.45, 2.75) is 23.8 Å². The third kappa shape index (κ3) is 4.41. The molecule has 24 heavy (non-hydrogen) atoms. The topological polar surface area (TPSA) is 125 Å². The third-order valence-corrected chi connectivity index (χ3v) is 4.80. The van der Waals surface area contributed by atoms with Gasteiger partial charge in [0.1, 0.15) is 6.04 Å². The summed E-state index contributed by atoms with van der Waals surface area (Å²) in [6, 6.07) is 6.40. The maximum atomic E-state index is 12.4. The molecule has 1 heterocycles. The highest BCUT2D eigenvalue weighted by Gasteiger charge is 2.26. The summed E-state index contributed by atoms with van der Waals surface area (Å²) in [5.74, 6) is -1.27. The maximum Gasteiger partial charge on any atom is 0.322 e. The Morgan fingerprint density at radius 2 is 2.04 bits per heavy atom. The molecular weight excluding hydrogens is 332 g/mol. The number of aryl methyl sites for hydroxylation is 1. The van der Waals surface area contributed by atoms with E-state index >= 15 is 0 Å². The zero-order chi connectivity index (χ0) is 17.7. The lowest BCUT2D eigenvalue weighted by molar-refractivity contribution is -0.138. The standard InChI is InChI=1S/C15H16N4O4S/c1-19-10-12(9-17-19)8-14(15(20)21)18-24(22,23)13-4-2-11(3-5-13)6-7-16/h2-5,9-10,14,18H,6,8H2,1H3,(H,20,21). The predicted octanol–water partition coefficient (Wildman–Crippen LogP) is 0.460. The molecular formula is C15H16N4O4S. The van der Waals surface area contributed by atoms with E-state index in [2.05, 4.69) is 9.82 Å². The smallest absolute Gasteiger partial charge is 0.322 e. The van der Waals surface area contributed by atoms with Gasteiger partial charge in [-0.05, 0) is 23.3 Å². The van der Waals surface area contributed by atoms with Crippen molar-refractivity contribution in [2.75, 3.05) is 0 Å². The molecule has 0 aliphatic heterocycles. The third-order valence-electron chi connectivity index (χ3n) is 3.31. The van der Waals surface area contributed by atoms with Gasteiger partial charge in [-0.2, -0.15) is 15.1 Å². The quantitative estimate of drug-likeness (QED) is 0.749. The Balaban J connectivity index is 2.17. The minimum atomic E-state index is -3.99. The minimum absolute atomic E-state index is 0.0189. The molecule has 1 aromatic carbocycles. The van der Waals surface area contributed by atoms with Crippen molar-refractivity contribution in [3.8, 4) is 6.07 Å². The van der Waals surface area contributed by atoms with Crippen molar-refractivity contribution in [1.82, 2.24) is 14.5 Å². The van der Waals surface area contributed by atoms with Crippen molar-refractivity contribution >= 4 is 16.0 Å². The van der Waals surface area contributed by atoms with E-state index in [1.807, 2.05) is 6.07 Å². The van der Waals surface area contributed by atoms with Crippen molar-refractivity contribution in [2.24, 2.45) is 7.05 Å². The highest BCUT2D eigenvalue weighted by Crippen LogP contribution is 2.13. The SMILES string of the molecule is Cn1cc(CC(NS(=O)(=O)c2ccc(CC#N)cc2)C(=O)O)cn1. The Kier molecular flexibility index (Phi) is 5.33. The van der Waals surface area contributed by atoms with Crippen LogP contribution in [-0.4, -0.2) is 35.3 Å². The zero-order valence-electron chi connectivity index (χ0n) is 12.9. The van der Waals surface area contributed by atoms with Crippen LogP contribution in [0.2, 0.25) is 0 Å². The Morgan fingerprint density at radius 1 is 1.38 bits per heavy atom. The van der Waals surface area contributed by atoms with Crippen LogP contribution in [0.25, 0.3) is 0 Å². The van der Waals surface area contributed by atoms with Gasteiger partial charge in [-0.1, -0.05) is 12.1 Å². The van der Waals surface area contributed by atoms with Gasteiger partial charge >= 0.3 is 5.97 Å². The number of rotatable bonds is 7. The molecule has 0 saturated heterocycles. The number of hydrogen-bond donors (Lipinski definition) is 2. The summed E-state index contributed by atoms with van der Waals surface area (Å²) in [4.78, 5) is 11.3. The fourth-order valence-corrected chi connectivity index (χ4v) is 3.31. The first-order valence-electron chi connectivity index (χ1n) is 7.00. The summed E-state index contributed by atoms with van der Waals surface area (Å²) in [6.45, 7) is 0. The van der Waals surface area contributed by atoms with E-state index in [-0.39, 0.29) is 17.7 Å². The van der Waals surface area contributed by atoms with E-state index < -0.39 is 22.0 Å². The molecule has 1 aromatic heterocycles. The Hall–Kier alpha value is -2.70. The number of hydrogen-bond acceptors (Lipinski definition) is 5. The number of nitriles is 1. The summed E-state index contributed by atoms with van der Waals surface area (Å²) >= 11 is 0. The largest absolute Gasteiger partial charge is 0.480 e. The van der Waals surface area contributed by atoms with Crippen LogP contribution in [0.15, 0.2) is 41.6 Å². The molecule has 8 nitrogen and oxygen atoms in total. The second-order valence-electron chi connectivity index (χ2n) is 5.22. The number of aliphatic carboxylic acids is 1. The van der Waals surface area contributed by atoms with E-state index in [1.165, 1.54) is 35.1 Å². The van der Waals surface area contributed by atoms with Crippen LogP contribution in [0.1, 0.15) is 11.1 Å². The summed E-state index contributed by atoms with van der Waals surface area (Å²) < 4.78 is 28.4. The van der Waals surface area contributed by atoms with Crippen molar-refractivity contribution in [3.05, 3.63) is 47.8 Å². The summed E-state index contributed by atoms with van der Waals surface area (Å²) in [7, 11) is -2.30. The number of benzene rings is 1. The van der Waals surface area contributed by atoms with Gasteiger partial charge in [0.15, 0.2) is 0 Å². The minimum Gasteiger partial charge on any atom is -0.480 e. The molecule has 0 radical (unpaired) electrons. The van der Waals surface area contributed by atoms with Crippen LogP contribution in [0, 0.1) is 11.3 Å². The molecule has 0 spiro atoms. The molecule has 1 unspecified atom stereocenters. The van der Waals surface area contributed by atoms with Crippen LogP contribution in [0.5, 0.6) is 0 Å². The second kappa shape index (κ2) is 7.25. The number of nitrogens with one attached hydrogen (secondary N) is 1. The zero-order valence-corrected chi connectivity index (χ0v) is 13.7. The van der Waals surface area contributed by atoms with Crippen molar-refractivity contribution < 1.29 is 18.3 Å². The molecule has 126 valence electrons. The summed E-state index contributed by atoms with van der Waals surface area (Å²) in [5, 5.41) is 21.8. The van der Waals surface area contributed by atoms with E-state index in [0.29, 0.717) is 11.1 Å². The van der Waals surface area contributed by atoms with Crippen molar-refractivity contribution in [1.29, 1.82) is 5.26 Å². The molecule has 2 aromatic rings. The van der Waals surface area contributed by atoms with Crippen LogP contribution in [0.4, 0.5) is 0 Å². The number of carboxylic acid groups (broad SMARTS) is 1. The van der Waals surface area contributed by atoms with Crippen LogP contribution >= 0.6 is 0 Å². The molecule has 0 bridgehead atoms. The molecule has 0 amide bonds. The lowest BCUT2D eigenvalue weighted by atomic mass is 10.1. The molecule has 9 heteroatoms. The second-order valence-corrected chi connectivity index (χ2v) is 6.93. The highest BCUT2D eigenvalue weighted by atomic mass is 32.2. The van der Waals surface area contributed by atoms with Gasteiger partial charge in [0.05, 0.1) is 23.6 Å². The number of aromatic nitrogens is 2. The molecule has 0 aliphatic rings. The fourth-order valence-electron chi connectivity index (χ4n) is 2.13. The first-order valence-corrected chi connectivity index (χ1v) is 8.48. The Morgan fingerprint density at radius 3 is 2.54 bits per heavy atom. The van der Waals surface area contributed by atoms with Gasteiger partial charge in [-0.25, -0.2) is 8.42 Å². The molecule has 0 aliphatic carbocycles. The van der Waals surface area contributed by atoms with E-state index in [1.54, 1.807) is 13.2 Å². The van der Waals surface area contributed by atoms with Gasteiger partial charge in [0.2, 0.25) is 10.0 Å². The molecule has 1 atom stereocenters. The molecule has 0 fully saturated rings. The molecule has 0 saturated carbocycles. The summed E-state index contributed by atoms with van der Waals surface area (Å²) in [5.41, 5.74) is 1.29. The number of carbonyl (C=O) groups is 1. The maximum absolute atomic E-state index is 12.4. The van der Waals surface area contributed by atoms with Gasteiger partial charge in [-0.3, -0.25) is 9.48 Å². The number of carboxylic acids is 1. The van der Waals surface area contributed by atoms with Gasteiger partial charge in [0.25, 0.3) is 0 Å². The average Bonchev–Trinajstić information content (AvgIpc) is 2.92. The van der Waals surface area contributed by atoms with E-state index in [9.17, 15) is 18.3 Å². The Bertz CT molecular complexity index is 866. The first-order chi connectivity index (χ1) is 11.3.